The highest BCUT2D eigenvalue weighted by atomic mass is 32.2. The summed E-state index contributed by atoms with van der Waals surface area (Å²) in [6, 6.07) is 5.04. The second-order valence-corrected chi connectivity index (χ2v) is 7.43. The number of rotatable bonds is 3. The molecule has 1 aliphatic heterocycles. The molecule has 0 bridgehead atoms. The predicted octanol–water partition coefficient (Wildman–Crippen LogP) is 1.04. The zero-order valence-electron chi connectivity index (χ0n) is 11.2. The van der Waals surface area contributed by atoms with Crippen molar-refractivity contribution in [1.82, 2.24) is 0 Å². The summed E-state index contributed by atoms with van der Waals surface area (Å²) >= 11 is 0. The van der Waals surface area contributed by atoms with Crippen LogP contribution in [0.4, 0.5) is 5.69 Å². The molecule has 106 valence electrons. The average molecular weight is 284 g/mol. The lowest BCUT2D eigenvalue weighted by Crippen LogP contribution is -2.32. The number of hydrogen-bond acceptors (Lipinski definition) is 5. The van der Waals surface area contributed by atoms with Crippen LogP contribution in [0.15, 0.2) is 18.2 Å². The molecule has 1 fully saturated rings. The van der Waals surface area contributed by atoms with Crippen LogP contribution in [0.3, 0.4) is 0 Å². The van der Waals surface area contributed by atoms with E-state index in [9.17, 15) is 13.5 Å². The summed E-state index contributed by atoms with van der Waals surface area (Å²) in [6.45, 7) is 1.81. The summed E-state index contributed by atoms with van der Waals surface area (Å²) in [6.07, 6.45) is 0.634. The minimum atomic E-state index is -2.90. The largest absolute Gasteiger partial charge is 0.508 e. The molecule has 3 N–H and O–H groups in total. The molecule has 0 aromatic heterocycles. The standard InChI is InChI=1S/C13H20N2O3S/c1-9(14)12-4-3-10(7-13(12)16)15(2)11-5-6-19(17,18)8-11/h3-4,7,9,11,16H,5-6,8,14H2,1-2H3. The van der Waals surface area contributed by atoms with E-state index in [-0.39, 0.29) is 29.3 Å². The molecule has 1 heterocycles. The number of aromatic hydroxyl groups is 1. The molecule has 1 aromatic rings. The third kappa shape index (κ3) is 3.01. The minimum Gasteiger partial charge on any atom is -0.508 e. The molecule has 0 amide bonds. The van der Waals surface area contributed by atoms with E-state index in [4.69, 9.17) is 5.73 Å². The summed E-state index contributed by atoms with van der Waals surface area (Å²) in [7, 11) is -1.05. The van der Waals surface area contributed by atoms with E-state index in [0.717, 1.165) is 5.69 Å². The lowest BCUT2D eigenvalue weighted by Gasteiger charge is -2.26. The van der Waals surface area contributed by atoms with Crippen LogP contribution in [0, 0.1) is 0 Å². The first kappa shape index (κ1) is 14.1. The first-order chi connectivity index (χ1) is 8.80. The summed E-state index contributed by atoms with van der Waals surface area (Å²) < 4.78 is 23.0. The van der Waals surface area contributed by atoms with E-state index in [0.29, 0.717) is 12.0 Å². The highest BCUT2D eigenvalue weighted by Crippen LogP contribution is 2.30. The van der Waals surface area contributed by atoms with E-state index in [1.165, 1.54) is 0 Å². The summed E-state index contributed by atoms with van der Waals surface area (Å²) in [5, 5.41) is 9.93. The maximum atomic E-state index is 11.5. The lowest BCUT2D eigenvalue weighted by atomic mass is 10.1. The van der Waals surface area contributed by atoms with Gasteiger partial charge in [0.2, 0.25) is 0 Å². The van der Waals surface area contributed by atoms with Crippen molar-refractivity contribution in [2.75, 3.05) is 23.5 Å². The molecule has 1 aromatic carbocycles. The highest BCUT2D eigenvalue weighted by Gasteiger charge is 2.31. The van der Waals surface area contributed by atoms with Crippen LogP contribution in [-0.2, 0) is 9.84 Å². The van der Waals surface area contributed by atoms with Crippen molar-refractivity contribution in [2.45, 2.75) is 25.4 Å². The Balaban J connectivity index is 2.21. The minimum absolute atomic E-state index is 0.0226. The molecule has 2 rings (SSSR count). The lowest BCUT2D eigenvalue weighted by molar-refractivity contribution is 0.463. The van der Waals surface area contributed by atoms with Gasteiger partial charge in [0.15, 0.2) is 9.84 Å². The van der Waals surface area contributed by atoms with E-state index in [2.05, 4.69) is 0 Å². The summed E-state index contributed by atoms with van der Waals surface area (Å²) in [4.78, 5) is 1.91. The Hall–Kier alpha value is -1.27. The molecule has 0 aliphatic carbocycles. The highest BCUT2D eigenvalue weighted by molar-refractivity contribution is 7.91. The number of phenolic OH excluding ortho intramolecular Hbond substituents is 1. The van der Waals surface area contributed by atoms with Crippen LogP contribution in [-0.4, -0.2) is 38.1 Å². The maximum Gasteiger partial charge on any atom is 0.152 e. The average Bonchev–Trinajstić information content (AvgIpc) is 2.68. The SMILES string of the molecule is CC(N)c1ccc(N(C)C2CCS(=O)(=O)C2)cc1O. The van der Waals surface area contributed by atoms with Gasteiger partial charge in [-0.3, -0.25) is 0 Å². The predicted molar refractivity (Wildman–Crippen MR) is 76.2 cm³/mol. The fraction of sp³-hybridized carbons (Fsp3) is 0.538. The van der Waals surface area contributed by atoms with Gasteiger partial charge in [-0.05, 0) is 19.4 Å². The fourth-order valence-corrected chi connectivity index (χ4v) is 4.20. The fourth-order valence-electron chi connectivity index (χ4n) is 2.43. The van der Waals surface area contributed by atoms with Crippen LogP contribution < -0.4 is 10.6 Å². The molecule has 2 atom stereocenters. The Morgan fingerprint density at radius 1 is 1.47 bits per heavy atom. The van der Waals surface area contributed by atoms with Crippen molar-refractivity contribution in [3.8, 4) is 5.75 Å². The number of benzene rings is 1. The molecular weight excluding hydrogens is 264 g/mol. The number of phenols is 1. The van der Waals surface area contributed by atoms with E-state index in [1.54, 1.807) is 12.1 Å². The van der Waals surface area contributed by atoms with Crippen molar-refractivity contribution in [3.05, 3.63) is 23.8 Å². The van der Waals surface area contributed by atoms with Crippen LogP contribution in [0.1, 0.15) is 24.9 Å². The zero-order chi connectivity index (χ0) is 14.2. The quantitative estimate of drug-likeness (QED) is 0.866. The normalized spacial score (nSPS) is 23.2. The van der Waals surface area contributed by atoms with Crippen molar-refractivity contribution in [2.24, 2.45) is 5.73 Å². The van der Waals surface area contributed by atoms with Gasteiger partial charge in [0, 0.05) is 36.4 Å². The van der Waals surface area contributed by atoms with E-state index < -0.39 is 9.84 Å². The third-order valence-corrected chi connectivity index (χ3v) is 5.42. The Morgan fingerprint density at radius 2 is 2.16 bits per heavy atom. The number of nitrogens with two attached hydrogens (primary N) is 1. The van der Waals surface area contributed by atoms with E-state index in [1.807, 2.05) is 24.9 Å². The number of anilines is 1. The van der Waals surface area contributed by atoms with Crippen molar-refractivity contribution >= 4 is 15.5 Å². The molecule has 19 heavy (non-hydrogen) atoms. The summed E-state index contributed by atoms with van der Waals surface area (Å²) in [5.74, 6) is 0.575. The van der Waals surface area contributed by atoms with Crippen LogP contribution in [0.25, 0.3) is 0 Å². The van der Waals surface area contributed by atoms with Crippen LogP contribution >= 0.6 is 0 Å². The molecular formula is C13H20N2O3S. The molecule has 5 nitrogen and oxygen atoms in total. The second-order valence-electron chi connectivity index (χ2n) is 5.20. The van der Waals surface area contributed by atoms with Gasteiger partial charge < -0.3 is 15.7 Å². The number of hydrogen-bond donors (Lipinski definition) is 2. The Bertz CT molecular complexity index is 569. The van der Waals surface area contributed by atoms with Gasteiger partial charge in [-0.15, -0.1) is 0 Å². The van der Waals surface area contributed by atoms with Crippen molar-refractivity contribution in [3.63, 3.8) is 0 Å². The maximum absolute atomic E-state index is 11.5. The molecule has 1 aliphatic rings. The first-order valence-corrected chi connectivity index (χ1v) is 8.14. The van der Waals surface area contributed by atoms with Crippen molar-refractivity contribution in [1.29, 1.82) is 0 Å². The number of sulfone groups is 1. The molecule has 2 unspecified atom stereocenters. The molecule has 0 radical (unpaired) electrons. The van der Waals surface area contributed by atoms with Gasteiger partial charge in [-0.25, -0.2) is 8.42 Å². The molecule has 1 saturated heterocycles. The van der Waals surface area contributed by atoms with Crippen LogP contribution in [0.5, 0.6) is 5.75 Å². The number of nitrogens with zero attached hydrogens (tertiary/aromatic N) is 1. The second kappa shape index (κ2) is 5.02. The van der Waals surface area contributed by atoms with Gasteiger partial charge in [0.1, 0.15) is 5.75 Å². The smallest absolute Gasteiger partial charge is 0.152 e. The van der Waals surface area contributed by atoms with Crippen LogP contribution in [0.2, 0.25) is 0 Å². The topological polar surface area (TPSA) is 83.6 Å². The summed E-state index contributed by atoms with van der Waals surface area (Å²) in [5.41, 5.74) is 7.25. The first-order valence-electron chi connectivity index (χ1n) is 6.32. The molecule has 0 spiro atoms. The zero-order valence-corrected chi connectivity index (χ0v) is 12.0. The van der Waals surface area contributed by atoms with Gasteiger partial charge in [-0.2, -0.15) is 0 Å². The Morgan fingerprint density at radius 3 is 2.63 bits per heavy atom. The van der Waals surface area contributed by atoms with E-state index >= 15 is 0 Å². The molecule has 6 heteroatoms. The monoisotopic (exact) mass is 284 g/mol. The Labute approximate surface area is 113 Å². The Kier molecular flexibility index (Phi) is 3.73. The van der Waals surface area contributed by atoms with Crippen molar-refractivity contribution < 1.29 is 13.5 Å². The molecule has 0 saturated carbocycles. The third-order valence-electron chi connectivity index (χ3n) is 3.67. The van der Waals surface area contributed by atoms with Gasteiger partial charge >= 0.3 is 0 Å². The van der Waals surface area contributed by atoms with Gasteiger partial charge in [0.25, 0.3) is 0 Å². The van der Waals surface area contributed by atoms with Gasteiger partial charge in [-0.1, -0.05) is 6.07 Å². The van der Waals surface area contributed by atoms with Gasteiger partial charge in [0.05, 0.1) is 11.5 Å².